The summed E-state index contributed by atoms with van der Waals surface area (Å²) in [6.45, 7) is 0. The molecular weight excluding hydrogens is 450 g/mol. The number of anilines is 1. The normalized spacial score (nSPS) is 14.4. The Hall–Kier alpha value is -2.82. The van der Waals surface area contributed by atoms with Crippen LogP contribution in [-0.4, -0.2) is 38.6 Å². The first-order valence-electron chi connectivity index (χ1n) is 10.2. The van der Waals surface area contributed by atoms with E-state index in [1.54, 1.807) is 12.1 Å². The number of ether oxygens (including phenoxy) is 1. The Bertz CT molecular complexity index is 1080. The number of methoxy groups -OCH3 is 1. The topological polar surface area (TPSA) is 114 Å². The molecule has 1 aliphatic rings. The highest BCUT2D eigenvalue weighted by molar-refractivity contribution is 7.89. The number of nitrogens with one attached hydrogen (secondary N) is 3. The number of carbonyl (C=O) groups is 2. The van der Waals surface area contributed by atoms with Crippen LogP contribution in [0.5, 0.6) is 0 Å². The molecule has 0 aromatic heterocycles. The second-order valence-electron chi connectivity index (χ2n) is 7.46. The lowest BCUT2D eigenvalue weighted by atomic mass is 9.96. The molecule has 2 aromatic rings. The molecule has 3 N–H and O–H groups in total. The minimum absolute atomic E-state index is 0.0176. The summed E-state index contributed by atoms with van der Waals surface area (Å²) in [7, 11) is -2.31. The van der Waals surface area contributed by atoms with Crippen LogP contribution in [0.1, 0.15) is 52.8 Å². The van der Waals surface area contributed by atoms with E-state index in [0.29, 0.717) is 16.8 Å². The van der Waals surface area contributed by atoms with Crippen molar-refractivity contribution < 1.29 is 22.7 Å². The van der Waals surface area contributed by atoms with E-state index < -0.39 is 21.9 Å². The van der Waals surface area contributed by atoms with Gasteiger partial charge in [-0.15, -0.1) is 0 Å². The lowest BCUT2D eigenvalue weighted by molar-refractivity contribution is 0.0600. The molecular formula is C22H25N3O5S2. The maximum absolute atomic E-state index is 12.6. The van der Waals surface area contributed by atoms with Crippen LogP contribution in [0.4, 0.5) is 5.69 Å². The molecule has 0 unspecified atom stereocenters. The van der Waals surface area contributed by atoms with Crippen molar-refractivity contribution in [3.8, 4) is 0 Å². The zero-order valence-electron chi connectivity index (χ0n) is 17.6. The SMILES string of the molecule is COC(=O)c1ccc(C(=O)NC(=S)Nc2ccc(S(=O)(=O)NC3CCCCC3)cc2)cc1. The van der Waals surface area contributed by atoms with Gasteiger partial charge in [0.2, 0.25) is 10.0 Å². The molecule has 32 heavy (non-hydrogen) atoms. The summed E-state index contributed by atoms with van der Waals surface area (Å²) in [5.74, 6) is -0.941. The van der Waals surface area contributed by atoms with Crippen LogP contribution < -0.4 is 15.4 Å². The monoisotopic (exact) mass is 475 g/mol. The van der Waals surface area contributed by atoms with Gasteiger partial charge in [-0.2, -0.15) is 0 Å². The molecule has 0 bridgehead atoms. The van der Waals surface area contributed by atoms with Gasteiger partial charge in [-0.3, -0.25) is 10.1 Å². The van der Waals surface area contributed by atoms with Crippen molar-refractivity contribution in [1.82, 2.24) is 10.0 Å². The molecule has 1 fully saturated rings. The average molecular weight is 476 g/mol. The number of benzene rings is 2. The lowest BCUT2D eigenvalue weighted by Crippen LogP contribution is -2.36. The summed E-state index contributed by atoms with van der Waals surface area (Å²) in [4.78, 5) is 24.0. The second kappa shape index (κ2) is 10.7. The van der Waals surface area contributed by atoms with Crippen LogP contribution in [0.3, 0.4) is 0 Å². The first kappa shape index (κ1) is 23.8. The molecule has 0 aliphatic heterocycles. The van der Waals surface area contributed by atoms with E-state index in [4.69, 9.17) is 12.2 Å². The smallest absolute Gasteiger partial charge is 0.337 e. The lowest BCUT2D eigenvalue weighted by Gasteiger charge is -2.22. The molecule has 0 heterocycles. The number of rotatable bonds is 6. The Labute approximate surface area is 192 Å². The first-order valence-corrected chi connectivity index (χ1v) is 12.1. The standard InChI is InChI=1S/C22H25N3O5S2/c1-30-21(27)16-9-7-15(8-10-16)20(26)24-22(31)23-17-11-13-19(14-12-17)32(28,29)25-18-5-3-2-4-6-18/h7-14,18,25H,2-6H2,1H3,(H2,23,24,26,31). The van der Waals surface area contributed by atoms with E-state index in [-0.39, 0.29) is 16.0 Å². The number of hydrogen-bond acceptors (Lipinski definition) is 6. The van der Waals surface area contributed by atoms with Gasteiger partial charge in [-0.1, -0.05) is 19.3 Å². The molecule has 8 nitrogen and oxygen atoms in total. The maximum atomic E-state index is 12.6. The number of esters is 1. The van der Waals surface area contributed by atoms with Gasteiger partial charge >= 0.3 is 5.97 Å². The van der Waals surface area contributed by atoms with Crippen molar-refractivity contribution in [1.29, 1.82) is 0 Å². The van der Waals surface area contributed by atoms with Gasteiger partial charge < -0.3 is 10.1 Å². The summed E-state index contributed by atoms with van der Waals surface area (Å²) in [5.41, 5.74) is 1.18. The summed E-state index contributed by atoms with van der Waals surface area (Å²) in [6, 6.07) is 12.1. The zero-order valence-corrected chi connectivity index (χ0v) is 19.2. The van der Waals surface area contributed by atoms with E-state index in [0.717, 1.165) is 32.1 Å². The molecule has 10 heteroatoms. The molecule has 0 saturated heterocycles. The quantitative estimate of drug-likeness (QED) is 0.434. The van der Waals surface area contributed by atoms with Crippen LogP contribution in [0.2, 0.25) is 0 Å². The Morgan fingerprint density at radius 2 is 1.53 bits per heavy atom. The maximum Gasteiger partial charge on any atom is 0.337 e. The Morgan fingerprint density at radius 3 is 2.12 bits per heavy atom. The number of hydrogen-bond donors (Lipinski definition) is 3. The number of carbonyl (C=O) groups excluding carboxylic acids is 2. The highest BCUT2D eigenvalue weighted by Crippen LogP contribution is 2.21. The van der Waals surface area contributed by atoms with E-state index in [1.807, 2.05) is 0 Å². The average Bonchev–Trinajstić information content (AvgIpc) is 2.79. The molecule has 2 aromatic carbocycles. The van der Waals surface area contributed by atoms with Crippen LogP contribution in [0.15, 0.2) is 53.4 Å². The van der Waals surface area contributed by atoms with Crippen molar-refractivity contribution in [2.75, 3.05) is 12.4 Å². The number of thiocarbonyl (C=S) groups is 1. The van der Waals surface area contributed by atoms with Gasteiger partial charge in [0.1, 0.15) is 0 Å². The Kier molecular flexibility index (Phi) is 7.94. The minimum Gasteiger partial charge on any atom is -0.465 e. The molecule has 0 atom stereocenters. The van der Waals surface area contributed by atoms with E-state index in [1.165, 1.54) is 43.5 Å². The number of sulfonamides is 1. The van der Waals surface area contributed by atoms with E-state index >= 15 is 0 Å². The highest BCUT2D eigenvalue weighted by Gasteiger charge is 2.21. The summed E-state index contributed by atoms with van der Waals surface area (Å²) < 4.78 is 32.6. The fourth-order valence-corrected chi connectivity index (χ4v) is 4.95. The third kappa shape index (κ3) is 6.35. The van der Waals surface area contributed by atoms with Gasteiger partial charge in [0.05, 0.1) is 17.6 Å². The van der Waals surface area contributed by atoms with E-state index in [2.05, 4.69) is 20.1 Å². The number of amides is 1. The van der Waals surface area contributed by atoms with Crippen LogP contribution in [0.25, 0.3) is 0 Å². The molecule has 170 valence electrons. The summed E-state index contributed by atoms with van der Waals surface area (Å²) in [6.07, 6.45) is 4.94. The van der Waals surface area contributed by atoms with Gasteiger partial charge in [-0.25, -0.2) is 17.9 Å². The van der Waals surface area contributed by atoms with Crippen molar-refractivity contribution >= 4 is 44.9 Å². The van der Waals surface area contributed by atoms with Crippen molar-refractivity contribution in [2.24, 2.45) is 0 Å². The molecule has 0 radical (unpaired) electrons. The second-order valence-corrected chi connectivity index (χ2v) is 9.58. The fourth-order valence-electron chi connectivity index (χ4n) is 3.44. The Morgan fingerprint density at radius 1 is 0.938 bits per heavy atom. The predicted molar refractivity (Wildman–Crippen MR) is 125 cm³/mol. The van der Waals surface area contributed by atoms with Gasteiger partial charge in [-0.05, 0) is 73.6 Å². The summed E-state index contributed by atoms with van der Waals surface area (Å²) in [5, 5.41) is 5.45. The third-order valence-electron chi connectivity index (χ3n) is 5.14. The predicted octanol–water partition coefficient (Wildman–Crippen LogP) is 3.21. The van der Waals surface area contributed by atoms with Crippen molar-refractivity contribution in [3.05, 3.63) is 59.7 Å². The Balaban J connectivity index is 1.56. The van der Waals surface area contributed by atoms with Crippen molar-refractivity contribution in [2.45, 2.75) is 43.0 Å². The largest absolute Gasteiger partial charge is 0.465 e. The molecule has 0 spiro atoms. The summed E-state index contributed by atoms with van der Waals surface area (Å²) >= 11 is 5.17. The molecule has 1 amide bonds. The highest BCUT2D eigenvalue weighted by atomic mass is 32.2. The van der Waals surface area contributed by atoms with Crippen LogP contribution in [-0.2, 0) is 14.8 Å². The van der Waals surface area contributed by atoms with Crippen LogP contribution in [0, 0.1) is 0 Å². The molecule has 1 saturated carbocycles. The fraction of sp³-hybridized carbons (Fsp3) is 0.318. The van der Waals surface area contributed by atoms with Gasteiger partial charge in [0.25, 0.3) is 5.91 Å². The minimum atomic E-state index is -3.59. The van der Waals surface area contributed by atoms with Gasteiger partial charge in [0.15, 0.2) is 5.11 Å². The molecule has 3 rings (SSSR count). The third-order valence-corrected chi connectivity index (χ3v) is 6.89. The van der Waals surface area contributed by atoms with E-state index in [9.17, 15) is 18.0 Å². The van der Waals surface area contributed by atoms with Gasteiger partial charge in [0, 0.05) is 17.3 Å². The van der Waals surface area contributed by atoms with Crippen LogP contribution >= 0.6 is 12.2 Å². The first-order chi connectivity index (χ1) is 15.3. The van der Waals surface area contributed by atoms with Crippen molar-refractivity contribution in [3.63, 3.8) is 0 Å². The molecule has 1 aliphatic carbocycles. The zero-order chi connectivity index (χ0) is 23.1.